The summed E-state index contributed by atoms with van der Waals surface area (Å²) in [5.74, 6) is -0.0176. The summed E-state index contributed by atoms with van der Waals surface area (Å²) in [4.78, 5) is 11.3. The zero-order chi connectivity index (χ0) is 14.2. The van der Waals surface area contributed by atoms with Crippen LogP contribution < -0.4 is 0 Å². The molecule has 0 aliphatic heterocycles. The molecule has 112 valence electrons. The van der Waals surface area contributed by atoms with E-state index in [0.29, 0.717) is 13.0 Å². The highest BCUT2D eigenvalue weighted by molar-refractivity contribution is 5.69. The topological polar surface area (TPSA) is 26.3 Å². The highest BCUT2D eigenvalue weighted by Gasteiger charge is 2.01. The van der Waals surface area contributed by atoms with E-state index in [4.69, 9.17) is 4.74 Å². The molecular formula is C17H32O2. The van der Waals surface area contributed by atoms with Crippen LogP contribution in [0.4, 0.5) is 0 Å². The number of ether oxygens (including phenoxy) is 1. The lowest BCUT2D eigenvalue weighted by Gasteiger charge is -2.03. The van der Waals surface area contributed by atoms with Crippen molar-refractivity contribution in [3.8, 4) is 0 Å². The first-order valence-corrected chi connectivity index (χ1v) is 8.11. The minimum atomic E-state index is -0.0176. The lowest BCUT2D eigenvalue weighted by Crippen LogP contribution is -2.05. The van der Waals surface area contributed by atoms with E-state index in [2.05, 4.69) is 26.0 Å². The maximum Gasteiger partial charge on any atom is 0.305 e. The molecule has 2 nitrogen and oxygen atoms in total. The van der Waals surface area contributed by atoms with E-state index in [1.807, 2.05) is 0 Å². The van der Waals surface area contributed by atoms with Crippen LogP contribution >= 0.6 is 0 Å². The van der Waals surface area contributed by atoms with E-state index in [9.17, 15) is 4.79 Å². The molecule has 0 spiro atoms. The highest BCUT2D eigenvalue weighted by atomic mass is 16.5. The van der Waals surface area contributed by atoms with Crippen LogP contribution in [0.15, 0.2) is 12.2 Å². The van der Waals surface area contributed by atoms with Gasteiger partial charge in [0.2, 0.25) is 0 Å². The third-order valence-corrected chi connectivity index (χ3v) is 3.13. The highest BCUT2D eigenvalue weighted by Crippen LogP contribution is 2.08. The molecule has 0 radical (unpaired) electrons. The minimum Gasteiger partial charge on any atom is -0.466 e. The standard InChI is InChI=1S/C17H32O2/c1-3-5-7-8-9-10-11-12-13-14-15-17(18)19-16-6-4-2/h7-8H,3-6,9-16H2,1-2H3. The molecule has 0 amide bonds. The largest absolute Gasteiger partial charge is 0.466 e. The lowest BCUT2D eigenvalue weighted by atomic mass is 10.1. The molecule has 0 bridgehead atoms. The van der Waals surface area contributed by atoms with Crippen LogP contribution in [0, 0.1) is 0 Å². The predicted octanol–water partition coefficient (Wildman–Crippen LogP) is 5.42. The van der Waals surface area contributed by atoms with Crippen molar-refractivity contribution in [3.05, 3.63) is 12.2 Å². The fourth-order valence-corrected chi connectivity index (χ4v) is 1.87. The van der Waals surface area contributed by atoms with E-state index in [0.717, 1.165) is 25.7 Å². The normalized spacial score (nSPS) is 11.1. The summed E-state index contributed by atoms with van der Waals surface area (Å²) in [7, 11) is 0. The molecule has 0 saturated heterocycles. The smallest absolute Gasteiger partial charge is 0.305 e. The second-order valence-corrected chi connectivity index (χ2v) is 5.14. The van der Waals surface area contributed by atoms with Gasteiger partial charge in [0.1, 0.15) is 0 Å². The second-order valence-electron chi connectivity index (χ2n) is 5.14. The average Bonchev–Trinajstić information content (AvgIpc) is 2.41. The first kappa shape index (κ1) is 18.2. The number of unbranched alkanes of at least 4 members (excludes halogenated alkanes) is 7. The van der Waals surface area contributed by atoms with Gasteiger partial charge >= 0.3 is 5.97 Å². The molecule has 0 aromatic carbocycles. The fourth-order valence-electron chi connectivity index (χ4n) is 1.87. The zero-order valence-electron chi connectivity index (χ0n) is 13.0. The van der Waals surface area contributed by atoms with Gasteiger partial charge in [-0.2, -0.15) is 0 Å². The molecule has 19 heavy (non-hydrogen) atoms. The zero-order valence-corrected chi connectivity index (χ0v) is 13.0. The average molecular weight is 268 g/mol. The van der Waals surface area contributed by atoms with E-state index < -0.39 is 0 Å². The van der Waals surface area contributed by atoms with Crippen molar-refractivity contribution >= 4 is 5.97 Å². The molecule has 0 unspecified atom stereocenters. The summed E-state index contributed by atoms with van der Waals surface area (Å²) in [6.45, 7) is 4.91. The third kappa shape index (κ3) is 15.2. The van der Waals surface area contributed by atoms with Gasteiger partial charge in [0.25, 0.3) is 0 Å². The Morgan fingerprint density at radius 3 is 2.26 bits per heavy atom. The Morgan fingerprint density at radius 1 is 0.842 bits per heavy atom. The van der Waals surface area contributed by atoms with Gasteiger partial charge in [-0.05, 0) is 32.1 Å². The van der Waals surface area contributed by atoms with Crippen molar-refractivity contribution in [2.24, 2.45) is 0 Å². The number of allylic oxidation sites excluding steroid dienone is 2. The van der Waals surface area contributed by atoms with Crippen LogP contribution in [0.3, 0.4) is 0 Å². The fraction of sp³-hybridized carbons (Fsp3) is 0.824. The Kier molecular flexibility index (Phi) is 14.6. The molecule has 0 aliphatic rings. The SMILES string of the molecule is CCCC=CCCCCCCCC(=O)OCCCC. The van der Waals surface area contributed by atoms with Crippen molar-refractivity contribution < 1.29 is 9.53 Å². The molecule has 0 atom stereocenters. The van der Waals surface area contributed by atoms with Crippen LogP contribution in [-0.4, -0.2) is 12.6 Å². The number of esters is 1. The van der Waals surface area contributed by atoms with Crippen LogP contribution in [0.25, 0.3) is 0 Å². The minimum absolute atomic E-state index is 0.0176. The first-order valence-electron chi connectivity index (χ1n) is 8.11. The molecule has 0 aromatic heterocycles. The Morgan fingerprint density at radius 2 is 1.53 bits per heavy atom. The molecular weight excluding hydrogens is 236 g/mol. The summed E-state index contributed by atoms with van der Waals surface area (Å²) in [6.07, 6.45) is 16.8. The molecule has 0 saturated carbocycles. The molecule has 0 aliphatic carbocycles. The van der Waals surface area contributed by atoms with E-state index in [1.54, 1.807) is 0 Å². The Labute approximate surface area is 119 Å². The van der Waals surface area contributed by atoms with E-state index in [-0.39, 0.29) is 5.97 Å². The monoisotopic (exact) mass is 268 g/mol. The Balaban J connectivity index is 3.15. The summed E-state index contributed by atoms with van der Waals surface area (Å²) in [6, 6.07) is 0. The van der Waals surface area contributed by atoms with Gasteiger partial charge in [0, 0.05) is 6.42 Å². The molecule has 0 fully saturated rings. The van der Waals surface area contributed by atoms with Gasteiger partial charge < -0.3 is 4.74 Å². The summed E-state index contributed by atoms with van der Waals surface area (Å²) in [5, 5.41) is 0. The molecule has 0 rings (SSSR count). The maximum atomic E-state index is 11.3. The lowest BCUT2D eigenvalue weighted by molar-refractivity contribution is -0.143. The summed E-state index contributed by atoms with van der Waals surface area (Å²) < 4.78 is 5.12. The van der Waals surface area contributed by atoms with Gasteiger partial charge in [-0.25, -0.2) is 0 Å². The van der Waals surface area contributed by atoms with Gasteiger partial charge in [0.05, 0.1) is 6.61 Å². The maximum absolute atomic E-state index is 11.3. The van der Waals surface area contributed by atoms with Crippen molar-refractivity contribution in [2.75, 3.05) is 6.61 Å². The molecule has 2 heteroatoms. The summed E-state index contributed by atoms with van der Waals surface area (Å²) in [5.41, 5.74) is 0. The van der Waals surface area contributed by atoms with Gasteiger partial charge in [0.15, 0.2) is 0 Å². The van der Waals surface area contributed by atoms with Crippen molar-refractivity contribution in [2.45, 2.75) is 84.5 Å². The number of carbonyl (C=O) groups is 1. The van der Waals surface area contributed by atoms with E-state index >= 15 is 0 Å². The molecule has 0 N–H and O–H groups in total. The van der Waals surface area contributed by atoms with Crippen LogP contribution in [0.5, 0.6) is 0 Å². The van der Waals surface area contributed by atoms with Gasteiger partial charge in [-0.3, -0.25) is 4.79 Å². The van der Waals surface area contributed by atoms with Crippen LogP contribution in [0.1, 0.15) is 84.5 Å². The number of hydrogen-bond acceptors (Lipinski definition) is 2. The van der Waals surface area contributed by atoms with E-state index in [1.165, 1.54) is 38.5 Å². The summed E-state index contributed by atoms with van der Waals surface area (Å²) >= 11 is 0. The molecule has 0 heterocycles. The second kappa shape index (κ2) is 15.3. The third-order valence-electron chi connectivity index (χ3n) is 3.13. The Bertz CT molecular complexity index is 221. The predicted molar refractivity (Wildman–Crippen MR) is 82.2 cm³/mol. The van der Waals surface area contributed by atoms with Crippen molar-refractivity contribution in [3.63, 3.8) is 0 Å². The first-order chi connectivity index (χ1) is 9.31. The van der Waals surface area contributed by atoms with Gasteiger partial charge in [-0.15, -0.1) is 0 Å². The van der Waals surface area contributed by atoms with Crippen LogP contribution in [-0.2, 0) is 9.53 Å². The number of rotatable bonds is 13. The van der Waals surface area contributed by atoms with Crippen LogP contribution in [0.2, 0.25) is 0 Å². The quantitative estimate of drug-likeness (QED) is 0.253. The molecule has 0 aromatic rings. The number of hydrogen-bond donors (Lipinski definition) is 0. The van der Waals surface area contributed by atoms with Gasteiger partial charge in [-0.1, -0.05) is 58.1 Å². The Hall–Kier alpha value is -0.790. The number of carbonyl (C=O) groups excluding carboxylic acids is 1. The van der Waals surface area contributed by atoms with Crippen molar-refractivity contribution in [1.29, 1.82) is 0 Å². The van der Waals surface area contributed by atoms with Crippen molar-refractivity contribution in [1.82, 2.24) is 0 Å².